The Labute approximate surface area is 293 Å². The van der Waals surface area contributed by atoms with Gasteiger partial charge < -0.3 is 24.0 Å². The normalized spacial score (nSPS) is 11.5. The summed E-state index contributed by atoms with van der Waals surface area (Å²) in [4.78, 5) is 30.6. The van der Waals surface area contributed by atoms with Gasteiger partial charge in [0.05, 0.1) is 27.7 Å². The fourth-order valence-electron chi connectivity index (χ4n) is 2.27. The van der Waals surface area contributed by atoms with Crippen molar-refractivity contribution >= 4 is 45.9 Å². The van der Waals surface area contributed by atoms with Gasteiger partial charge in [-0.05, 0) is 25.1 Å². The zero-order valence-electron chi connectivity index (χ0n) is 19.6. The zero-order chi connectivity index (χ0) is 24.5. The Kier molecular flexibility index (Phi) is 19.3. The van der Waals surface area contributed by atoms with E-state index in [0.29, 0.717) is 12.1 Å². The van der Waals surface area contributed by atoms with Gasteiger partial charge in [-0.1, -0.05) is 0 Å². The Morgan fingerprint density at radius 3 is 2.06 bits per heavy atom. The van der Waals surface area contributed by atoms with Gasteiger partial charge in [0.25, 0.3) is 0 Å². The summed E-state index contributed by atoms with van der Waals surface area (Å²) in [7, 11) is -15.5. The quantitative estimate of drug-likeness (QED) is 0.0836. The van der Waals surface area contributed by atoms with Crippen LogP contribution in [0, 0.1) is 6.92 Å². The van der Waals surface area contributed by atoms with Gasteiger partial charge in [0, 0.05) is 5.56 Å². The second kappa shape index (κ2) is 16.6. The third kappa shape index (κ3) is 11.9. The molecule has 1 heterocycles. The Morgan fingerprint density at radius 1 is 1.06 bits per heavy atom. The van der Waals surface area contributed by atoms with Crippen molar-refractivity contribution in [1.82, 2.24) is 4.98 Å². The van der Waals surface area contributed by atoms with Crippen LogP contribution in [0.5, 0.6) is 5.75 Å². The van der Waals surface area contributed by atoms with E-state index in [4.69, 9.17) is 9.79 Å². The molecule has 0 aliphatic heterocycles. The van der Waals surface area contributed by atoms with Crippen LogP contribution in [0.2, 0.25) is 0 Å². The first-order chi connectivity index (χ1) is 14.5. The van der Waals surface area contributed by atoms with Crippen molar-refractivity contribution in [1.29, 1.82) is 0 Å². The van der Waals surface area contributed by atoms with E-state index < -0.39 is 72.8 Å². The molecular formula is C14H12N3Na4O12PS2+2. The molecule has 2 aromatic rings. The molecule has 3 N–H and O–H groups in total. The summed E-state index contributed by atoms with van der Waals surface area (Å²) in [5, 5.41) is 16.9. The molecule has 2 rings (SSSR count). The number of carbonyl (C=O) groups is 1. The number of aromatic hydroxyl groups is 1. The fourth-order valence-corrected chi connectivity index (χ4v) is 3.78. The molecule has 0 unspecified atom stereocenters. The number of aromatic nitrogens is 1. The molecule has 0 amide bonds. The van der Waals surface area contributed by atoms with Gasteiger partial charge in [-0.25, -0.2) is 26.4 Å². The average molecular weight is 601 g/mol. The molecule has 1 aromatic carbocycles. The molecule has 36 heavy (non-hydrogen) atoms. The minimum atomic E-state index is -5.34. The molecule has 0 aliphatic carbocycles. The number of hydrogen-bond donors (Lipinski definition) is 3. The van der Waals surface area contributed by atoms with Gasteiger partial charge >= 0.3 is 126 Å². The number of hydrogen-bond acceptors (Lipinski definition) is 13. The number of nitrogens with zero attached hydrogens (tertiary/aromatic N) is 3. The predicted octanol–water partition coefficient (Wildman–Crippen LogP) is -11.2. The van der Waals surface area contributed by atoms with Crippen molar-refractivity contribution in [3.05, 3.63) is 35.0 Å². The second-order valence-electron chi connectivity index (χ2n) is 5.88. The predicted molar refractivity (Wildman–Crippen MR) is 99.4 cm³/mol. The van der Waals surface area contributed by atoms with Crippen LogP contribution in [-0.4, -0.2) is 52.1 Å². The molecule has 0 bridgehead atoms. The molecule has 1 aromatic heterocycles. The second-order valence-corrected chi connectivity index (χ2v) is 9.85. The summed E-state index contributed by atoms with van der Waals surface area (Å²) in [6, 6.07) is 1.64. The molecule has 0 fully saturated rings. The van der Waals surface area contributed by atoms with E-state index in [2.05, 4.69) is 19.7 Å². The summed E-state index contributed by atoms with van der Waals surface area (Å²) >= 11 is 0. The van der Waals surface area contributed by atoms with E-state index in [0.717, 1.165) is 0 Å². The minimum absolute atomic E-state index is 0. The van der Waals surface area contributed by atoms with Crippen molar-refractivity contribution in [2.24, 2.45) is 10.2 Å². The van der Waals surface area contributed by atoms with Crippen LogP contribution in [0.3, 0.4) is 0 Å². The molecule has 0 saturated carbocycles. The smallest absolute Gasteiger partial charge is 0.744 e. The minimum Gasteiger partial charge on any atom is -0.744 e. The first kappa shape index (κ1) is 41.8. The zero-order valence-corrected chi connectivity index (χ0v) is 30.2. The van der Waals surface area contributed by atoms with E-state index in [1.54, 1.807) is 0 Å². The van der Waals surface area contributed by atoms with Crippen LogP contribution in [0.1, 0.15) is 21.6 Å². The van der Waals surface area contributed by atoms with Crippen molar-refractivity contribution in [2.75, 3.05) is 0 Å². The monoisotopic (exact) mass is 601 g/mol. The number of rotatable bonds is 8. The maximum atomic E-state index is 11.5. The van der Waals surface area contributed by atoms with Crippen molar-refractivity contribution in [3.63, 3.8) is 0 Å². The van der Waals surface area contributed by atoms with Crippen LogP contribution in [-0.2, 0) is 35.9 Å². The molecule has 174 valence electrons. The van der Waals surface area contributed by atoms with Gasteiger partial charge in [-0.3, -0.25) is 9.32 Å². The largest absolute Gasteiger partial charge is 1.00 e. The number of pyridine rings is 1. The van der Waals surface area contributed by atoms with Crippen LogP contribution in [0.4, 0.5) is 11.5 Å². The van der Waals surface area contributed by atoms with Gasteiger partial charge in [-0.15, -0.1) is 10.2 Å². The van der Waals surface area contributed by atoms with E-state index >= 15 is 0 Å². The number of aryl methyl sites for hydroxylation is 1. The van der Waals surface area contributed by atoms with E-state index in [9.17, 15) is 40.4 Å². The molecule has 0 spiro atoms. The molecule has 15 nitrogen and oxygen atoms in total. The molecular weight excluding hydrogens is 589 g/mol. The number of aldehydes is 1. The van der Waals surface area contributed by atoms with Gasteiger partial charge in [0.2, 0.25) is 0 Å². The molecule has 22 heteroatoms. The number of benzene rings is 1. The third-order valence-electron chi connectivity index (χ3n) is 3.70. The molecule has 0 aliphatic rings. The summed E-state index contributed by atoms with van der Waals surface area (Å²) in [5.74, 6) is -1.21. The average Bonchev–Trinajstić information content (AvgIpc) is 2.65. The van der Waals surface area contributed by atoms with E-state index in [-0.39, 0.29) is 136 Å². The van der Waals surface area contributed by atoms with Crippen LogP contribution < -0.4 is 118 Å². The first-order valence-electron chi connectivity index (χ1n) is 7.90. The van der Waals surface area contributed by atoms with E-state index in [1.807, 2.05) is 0 Å². The Bertz CT molecular complexity index is 1380. The number of azo groups is 1. The van der Waals surface area contributed by atoms with Crippen molar-refractivity contribution in [3.8, 4) is 5.75 Å². The van der Waals surface area contributed by atoms with Crippen LogP contribution >= 0.6 is 7.82 Å². The number of phosphoric acid groups is 1. The standard InChI is InChI=1S/C14H14N3O12PS2.4Na/c1-7-13(19)9(5-18)10(6-29-30(20,21)22)14(15-7)17-16-11-3-2-8(31(23,24)25)4-12(11)32(26,27)28;;;;/h2-5,19H,6H2,1H3,(H2,20,21,22)(H,23,24,25)(H,26,27,28);;;;/q;4*+1/p-2. The Morgan fingerprint density at radius 2 is 1.61 bits per heavy atom. The number of phosphoric ester groups is 1. The summed E-state index contributed by atoms with van der Waals surface area (Å²) in [6.07, 6.45) is 0.114. The third-order valence-corrected chi connectivity index (χ3v) is 5.87. The maximum Gasteiger partial charge on any atom is 1.00 e. The van der Waals surface area contributed by atoms with Gasteiger partial charge in [0.1, 0.15) is 31.7 Å². The van der Waals surface area contributed by atoms with E-state index in [1.165, 1.54) is 6.92 Å². The summed E-state index contributed by atoms with van der Waals surface area (Å²) in [5.41, 5.74) is -1.84. The topological polar surface area (TPSA) is 256 Å². The SMILES string of the molecule is Cc1nc(N=Nc2ccc(S(=O)(=O)[O-])cc2S(=O)(=O)[O-])c(COP(=O)(O)O)c(C=O)c1O.[Na+].[Na+].[Na+].[Na+]. The Balaban J connectivity index is -0.00000272. The Hall–Kier alpha value is 1.37. The fraction of sp³-hybridized carbons (Fsp3) is 0.143. The van der Waals surface area contributed by atoms with Gasteiger partial charge in [0.15, 0.2) is 12.1 Å². The molecule has 0 radical (unpaired) electrons. The summed E-state index contributed by atoms with van der Waals surface area (Å²) < 4.78 is 82.9. The van der Waals surface area contributed by atoms with Crippen LogP contribution in [0.15, 0.2) is 38.2 Å². The maximum absolute atomic E-state index is 11.5. The summed E-state index contributed by atoms with van der Waals surface area (Å²) in [6.45, 7) is 0.254. The number of carbonyl (C=O) groups excluding carboxylic acids is 1. The van der Waals surface area contributed by atoms with Crippen LogP contribution in [0.25, 0.3) is 0 Å². The first-order valence-corrected chi connectivity index (χ1v) is 12.2. The molecule has 0 atom stereocenters. The van der Waals surface area contributed by atoms with Crippen molar-refractivity contribution in [2.45, 2.75) is 23.3 Å². The van der Waals surface area contributed by atoms with Crippen molar-refractivity contribution < 1.29 is 173 Å². The van der Waals surface area contributed by atoms with Gasteiger partial charge in [-0.2, -0.15) is 0 Å². The molecule has 0 saturated heterocycles.